The number of carboxylic acid groups (broad SMARTS) is 2. The van der Waals surface area contributed by atoms with Gasteiger partial charge in [-0.25, -0.2) is 0 Å². The summed E-state index contributed by atoms with van der Waals surface area (Å²) in [7, 11) is 0. The Bertz CT molecular complexity index is 1740. The molecule has 0 aliphatic rings. The maximum absolute atomic E-state index is 11.8. The lowest BCUT2D eigenvalue weighted by Crippen LogP contribution is -2.68. The predicted octanol–water partition coefficient (Wildman–Crippen LogP) is 2.52. The lowest BCUT2D eigenvalue weighted by atomic mass is 9.87. The highest BCUT2D eigenvalue weighted by molar-refractivity contribution is 6.16. The van der Waals surface area contributed by atoms with Gasteiger partial charge in [-0.15, -0.1) is 0 Å². The summed E-state index contributed by atoms with van der Waals surface area (Å²) in [5.41, 5.74) is 11.5. The third-order valence-electron chi connectivity index (χ3n) is 7.49. The van der Waals surface area contributed by atoms with Gasteiger partial charge in [0.25, 0.3) is 0 Å². The summed E-state index contributed by atoms with van der Waals surface area (Å²) < 4.78 is 0. The molecule has 0 saturated heterocycles. The van der Waals surface area contributed by atoms with E-state index in [2.05, 4.69) is 35.7 Å². The van der Waals surface area contributed by atoms with Crippen molar-refractivity contribution in [2.24, 2.45) is 0 Å². The third-order valence-corrected chi connectivity index (χ3v) is 7.49. The molecule has 6 aromatic rings. The molecule has 0 saturated carbocycles. The summed E-state index contributed by atoms with van der Waals surface area (Å²) in [6.07, 6.45) is 0. The summed E-state index contributed by atoms with van der Waals surface area (Å²) in [6.45, 7) is 0. The normalized spacial score (nSPS) is 12.0. The van der Waals surface area contributed by atoms with Crippen LogP contribution in [-0.2, 0) is 0 Å². The minimum atomic E-state index is -1.36. The zero-order chi connectivity index (χ0) is 29.6. The van der Waals surface area contributed by atoms with Gasteiger partial charge in [-0.2, -0.15) is 0 Å². The fourth-order valence-electron chi connectivity index (χ4n) is 5.29. The molecule has 6 rings (SSSR count). The molecule has 0 aliphatic carbocycles. The van der Waals surface area contributed by atoms with Crippen molar-refractivity contribution in [1.29, 1.82) is 0 Å². The molecule has 0 aliphatic heterocycles. The highest BCUT2D eigenvalue weighted by atomic mass is 16.4. The Morgan fingerprint density at radius 2 is 0.791 bits per heavy atom. The highest BCUT2D eigenvalue weighted by Gasteiger charge is 2.23. The van der Waals surface area contributed by atoms with E-state index in [0.29, 0.717) is 21.9 Å². The molecule has 7 heteroatoms. The smallest absolute Gasteiger partial charge is 0.167 e. The van der Waals surface area contributed by atoms with Crippen molar-refractivity contribution in [1.82, 2.24) is 0 Å². The van der Waals surface area contributed by atoms with Crippen LogP contribution in [0.25, 0.3) is 32.7 Å². The van der Waals surface area contributed by atoms with E-state index < -0.39 is 11.9 Å². The zero-order valence-corrected chi connectivity index (χ0v) is 23.4. The van der Waals surface area contributed by atoms with Crippen molar-refractivity contribution in [2.75, 3.05) is 0 Å². The van der Waals surface area contributed by atoms with Crippen molar-refractivity contribution >= 4 is 33.5 Å². The molecule has 8 N–H and O–H groups in total. The fourth-order valence-corrected chi connectivity index (χ4v) is 5.29. The van der Waals surface area contributed by atoms with E-state index >= 15 is 0 Å². The van der Waals surface area contributed by atoms with Crippen molar-refractivity contribution in [3.8, 4) is 11.1 Å². The highest BCUT2D eigenvalue weighted by Crippen LogP contribution is 2.38. The molecule has 2 atom stereocenters. The van der Waals surface area contributed by atoms with Gasteiger partial charge in [0.15, 0.2) is 12.1 Å². The van der Waals surface area contributed by atoms with Gasteiger partial charge in [-0.3, -0.25) is 0 Å². The van der Waals surface area contributed by atoms with Crippen LogP contribution in [0.1, 0.15) is 43.9 Å². The molecule has 0 fully saturated rings. The molecule has 0 bridgehead atoms. The van der Waals surface area contributed by atoms with Gasteiger partial charge in [0.1, 0.15) is 0 Å². The first kappa shape index (κ1) is 30.6. The Kier molecular flexibility index (Phi) is 9.65. The summed E-state index contributed by atoms with van der Waals surface area (Å²) in [5.74, 6) is -2.72. The summed E-state index contributed by atoms with van der Waals surface area (Å²) in [6, 6.07) is 41.9. The molecule has 43 heavy (non-hydrogen) atoms. The van der Waals surface area contributed by atoms with Gasteiger partial charge in [0, 0.05) is 22.3 Å². The third kappa shape index (κ3) is 6.45. The van der Waals surface area contributed by atoms with E-state index in [-0.39, 0.29) is 28.7 Å². The molecule has 0 amide bonds. The number of quaternary nitrogens is 2. The molecular weight excluding hydrogens is 540 g/mol. The van der Waals surface area contributed by atoms with Crippen LogP contribution in [0.2, 0.25) is 0 Å². The zero-order valence-electron chi connectivity index (χ0n) is 23.4. The van der Waals surface area contributed by atoms with Gasteiger partial charge < -0.3 is 36.7 Å². The largest absolute Gasteiger partial charge is 0.545 e. The second-order valence-corrected chi connectivity index (χ2v) is 10.0. The number of carbonyl (C=O) groups excluding carboxylic acids is 2. The van der Waals surface area contributed by atoms with Gasteiger partial charge >= 0.3 is 0 Å². The molecule has 6 aromatic carbocycles. The Hall–Kier alpha value is -5.34. The molecule has 7 nitrogen and oxygen atoms in total. The summed E-state index contributed by atoms with van der Waals surface area (Å²) in [5, 5.41) is 26.5. The predicted molar refractivity (Wildman–Crippen MR) is 163 cm³/mol. The Morgan fingerprint density at radius 1 is 0.465 bits per heavy atom. The summed E-state index contributed by atoms with van der Waals surface area (Å²) in [4.78, 5) is 23.6. The van der Waals surface area contributed by atoms with Gasteiger partial charge in [-0.05, 0) is 32.7 Å². The monoisotopic (exact) mass is 572 g/mol. The van der Waals surface area contributed by atoms with Crippen LogP contribution in [0, 0.1) is 0 Å². The van der Waals surface area contributed by atoms with Crippen molar-refractivity contribution in [2.45, 2.75) is 12.1 Å². The van der Waals surface area contributed by atoms with Gasteiger partial charge in [0.05, 0.1) is 11.9 Å². The fraction of sp³-hybridized carbons (Fsp3) is 0.0556. The number of benzene rings is 6. The van der Waals surface area contributed by atoms with Crippen molar-refractivity contribution in [3.63, 3.8) is 0 Å². The van der Waals surface area contributed by atoms with Gasteiger partial charge in [-0.1, -0.05) is 133 Å². The minimum Gasteiger partial charge on any atom is -0.545 e. The number of hydrogen-bond donors (Lipinski definition) is 2. The number of fused-ring (bicyclic) bond motifs is 2. The molecule has 0 heterocycles. The molecular formula is C36H32N2O5. The van der Waals surface area contributed by atoms with Crippen LogP contribution in [-0.4, -0.2) is 17.4 Å². The molecule has 0 spiro atoms. The average Bonchev–Trinajstić information content (AvgIpc) is 3.04. The van der Waals surface area contributed by atoms with E-state index in [1.54, 1.807) is 36.4 Å². The number of hydrogen-bond acceptors (Lipinski definition) is 4. The minimum absolute atomic E-state index is 0. The van der Waals surface area contributed by atoms with Crippen LogP contribution in [0.4, 0.5) is 0 Å². The average molecular weight is 573 g/mol. The van der Waals surface area contributed by atoms with Gasteiger partial charge in [0.2, 0.25) is 0 Å². The molecule has 0 unspecified atom stereocenters. The Labute approximate surface area is 249 Å². The first-order chi connectivity index (χ1) is 20.4. The summed E-state index contributed by atoms with van der Waals surface area (Å²) >= 11 is 0. The van der Waals surface area contributed by atoms with E-state index in [1.807, 2.05) is 60.7 Å². The van der Waals surface area contributed by atoms with Crippen molar-refractivity contribution in [3.05, 3.63) is 156 Å². The van der Waals surface area contributed by atoms with Crippen LogP contribution in [0.15, 0.2) is 133 Å². The van der Waals surface area contributed by atoms with Crippen LogP contribution in [0.5, 0.6) is 0 Å². The lowest BCUT2D eigenvalue weighted by Gasteiger charge is -2.20. The van der Waals surface area contributed by atoms with E-state index in [0.717, 1.165) is 10.8 Å². The van der Waals surface area contributed by atoms with E-state index in [1.165, 1.54) is 23.3 Å². The number of carboxylic acids is 2. The van der Waals surface area contributed by atoms with Crippen LogP contribution in [0.3, 0.4) is 0 Å². The number of carbonyl (C=O) groups is 2. The van der Waals surface area contributed by atoms with E-state index in [9.17, 15) is 19.8 Å². The standard InChI is InChI=1S/C22H14O4.C14H16N2.H2O/c23-21(24)17-11-9-13-5-1-3-7-15(13)19(17)20-16-8-4-2-6-14(16)10-12-18(20)22(25)26;15-13(11-7-3-1-4-8-11)14(16)12-9-5-2-6-10-12;/h1-12H,(H,23,24)(H,25,26);1-10,13-14H,15-16H2;1H2/t;13-,14-;/m.1./s1. The maximum atomic E-state index is 11.8. The quantitative estimate of drug-likeness (QED) is 0.313. The van der Waals surface area contributed by atoms with Crippen molar-refractivity contribution < 1.29 is 36.7 Å². The Morgan fingerprint density at radius 3 is 1.14 bits per heavy atom. The maximum Gasteiger partial charge on any atom is 0.167 e. The second kappa shape index (κ2) is 13.5. The SMILES string of the molecule is O.O=C([O-])c1ccc2ccccc2c1-c1c(C(=O)[O-])ccc2ccccc12.[NH3+][C@H](c1ccccc1)[C@H]([NH3+])c1ccccc1. The van der Waals surface area contributed by atoms with Crippen LogP contribution >= 0.6 is 0 Å². The topological polar surface area (TPSA) is 167 Å². The van der Waals surface area contributed by atoms with Crippen LogP contribution < -0.4 is 21.7 Å². The second-order valence-electron chi connectivity index (χ2n) is 10.0. The lowest BCUT2D eigenvalue weighted by molar-refractivity contribution is -0.540. The first-order valence-corrected chi connectivity index (χ1v) is 13.6. The Balaban J connectivity index is 0.000000215. The first-order valence-electron chi connectivity index (χ1n) is 13.6. The molecule has 0 aromatic heterocycles. The molecule has 216 valence electrons. The van der Waals surface area contributed by atoms with E-state index in [4.69, 9.17) is 0 Å². The number of rotatable bonds is 6. The number of aromatic carboxylic acids is 2. The molecule has 0 radical (unpaired) electrons.